The summed E-state index contributed by atoms with van der Waals surface area (Å²) in [5, 5.41) is -0.0414. The summed E-state index contributed by atoms with van der Waals surface area (Å²) in [4.78, 5) is 15.3. The number of hydrogen-bond acceptors (Lipinski definition) is 9. The number of esters is 1. The first-order chi connectivity index (χ1) is 33.4. The highest BCUT2D eigenvalue weighted by atomic mass is 28.4. The van der Waals surface area contributed by atoms with Crippen LogP contribution >= 0.6 is 0 Å². The molecule has 0 saturated carbocycles. The maximum atomic E-state index is 15.3. The molecule has 0 N–H and O–H groups in total. The van der Waals surface area contributed by atoms with E-state index in [-0.39, 0.29) is 86.7 Å². The third-order valence-electron chi connectivity index (χ3n) is 18.4. The molecule has 0 unspecified atom stereocenters. The third kappa shape index (κ3) is 20.9. The Hall–Kier alpha value is -0.982. The van der Waals surface area contributed by atoms with Crippen LogP contribution in [0.4, 0.5) is 0 Å². The molecule has 2 aliphatic heterocycles. The Balaban J connectivity index is 2.97. The Morgan fingerprint density at radius 3 is 1.74 bits per heavy atom. The Kier molecular flexibility index (Phi) is 25.6. The number of allylic oxidation sites excluding steroid dienone is 5. The van der Waals surface area contributed by atoms with Gasteiger partial charge in [0.25, 0.3) is 0 Å². The fraction of sp³-hybridized carbons (Fsp3) is 0.852. The second kappa shape index (κ2) is 27.5. The van der Waals surface area contributed by atoms with Crippen molar-refractivity contribution in [3.8, 4) is 0 Å². The summed E-state index contributed by atoms with van der Waals surface area (Å²) in [6.07, 6.45) is 18.7. The molecule has 1 saturated heterocycles. The summed E-state index contributed by atoms with van der Waals surface area (Å²) in [6.45, 7) is 61.6. The number of methoxy groups -OCH3 is 1. The smallest absolute Gasteiger partial charge is 0.308 e. The second-order valence-corrected chi connectivity index (χ2v) is 48.4. The predicted octanol–water partition coefficient (Wildman–Crippen LogP) is 17.5. The van der Waals surface area contributed by atoms with E-state index < -0.39 is 51.3 Å². The minimum atomic E-state index is -2.42. The van der Waals surface area contributed by atoms with Crippen LogP contribution in [0.15, 0.2) is 48.1 Å². The fourth-order valence-electron chi connectivity index (χ4n) is 9.00. The molecule has 0 aromatic rings. The standard InChI is InChI=1S/C61H118O9Si4/c1-44(35-34-40-64-71(21,22)57(6,7)8)41-52(69-73(25,26)59(12,13)14)46(3)51-42-50(68-72(23,24)58(9,10)11)39-33-38-49(63-20)37-32-30-29-31-36-45(2)55-48(5)56(67-61(18,19)66-55)47(4)53(43-54(62)65-51)70-74(27,28)60(15,16)17/h29-32,34-35,41,45-53,55-56H,33,36-40,42-43H2,1-28H3/b31-29+,32-30-,35-34+,44-41+/t45-,46-,47+,48-,49+,50+,51-,52+,53+,55+,56-/m0/s1. The zero-order valence-corrected chi connectivity index (χ0v) is 57.2. The van der Waals surface area contributed by atoms with Gasteiger partial charge in [-0.2, -0.15) is 0 Å². The molecule has 1 fully saturated rings. The van der Waals surface area contributed by atoms with Crippen LogP contribution < -0.4 is 0 Å². The molecule has 2 bridgehead atoms. The molecule has 432 valence electrons. The van der Waals surface area contributed by atoms with Crippen molar-refractivity contribution < 1.29 is 41.4 Å². The number of cyclic esters (lactones) is 1. The summed E-state index contributed by atoms with van der Waals surface area (Å²) < 4.78 is 55.8. The van der Waals surface area contributed by atoms with Crippen LogP contribution in [0.2, 0.25) is 72.5 Å². The highest BCUT2D eigenvalue weighted by Crippen LogP contribution is 2.45. The van der Waals surface area contributed by atoms with Gasteiger partial charge in [0.1, 0.15) is 6.10 Å². The molecule has 13 heteroatoms. The maximum Gasteiger partial charge on any atom is 0.308 e. The van der Waals surface area contributed by atoms with Gasteiger partial charge in [-0.05, 0) is 131 Å². The largest absolute Gasteiger partial charge is 0.462 e. The minimum absolute atomic E-state index is 0.0212. The minimum Gasteiger partial charge on any atom is -0.462 e. The van der Waals surface area contributed by atoms with Crippen molar-refractivity contribution in [2.45, 2.75) is 298 Å². The van der Waals surface area contributed by atoms with Gasteiger partial charge in [-0.1, -0.05) is 159 Å². The number of ether oxygens (including phenoxy) is 4. The highest BCUT2D eigenvalue weighted by molar-refractivity contribution is 6.75. The van der Waals surface area contributed by atoms with Gasteiger partial charge in [-0.3, -0.25) is 4.79 Å². The first kappa shape index (κ1) is 69.1. The van der Waals surface area contributed by atoms with E-state index in [1.807, 2.05) is 21.0 Å². The van der Waals surface area contributed by atoms with Crippen LogP contribution in [-0.4, -0.2) is 101 Å². The molecule has 0 radical (unpaired) electrons. The number of carbonyl (C=O) groups excluding carboxylic acids is 1. The van der Waals surface area contributed by atoms with Gasteiger partial charge >= 0.3 is 5.97 Å². The number of carbonyl (C=O) groups is 1. The molecule has 0 amide bonds. The molecule has 0 aromatic carbocycles. The van der Waals surface area contributed by atoms with E-state index in [2.05, 4.69) is 213 Å². The van der Waals surface area contributed by atoms with Crippen LogP contribution in [0.3, 0.4) is 0 Å². The molecule has 74 heavy (non-hydrogen) atoms. The molecular weight excluding hydrogens is 989 g/mol. The van der Waals surface area contributed by atoms with Gasteiger partial charge in [0.15, 0.2) is 39.1 Å². The van der Waals surface area contributed by atoms with E-state index in [0.717, 1.165) is 37.7 Å². The summed E-state index contributed by atoms with van der Waals surface area (Å²) in [7, 11) is -7.20. The van der Waals surface area contributed by atoms with E-state index >= 15 is 4.79 Å². The normalized spacial score (nSPS) is 29.7. The lowest BCUT2D eigenvalue weighted by Gasteiger charge is -2.50. The van der Waals surface area contributed by atoms with E-state index in [9.17, 15) is 0 Å². The Morgan fingerprint density at radius 1 is 0.716 bits per heavy atom. The third-order valence-corrected chi connectivity index (χ3v) is 36.4. The van der Waals surface area contributed by atoms with Crippen LogP contribution in [0.5, 0.6) is 0 Å². The van der Waals surface area contributed by atoms with Gasteiger partial charge in [0.2, 0.25) is 0 Å². The summed E-state index contributed by atoms with van der Waals surface area (Å²) in [6, 6.07) is 0. The summed E-state index contributed by atoms with van der Waals surface area (Å²) in [5.41, 5.74) is 1.09. The molecule has 0 aliphatic carbocycles. The van der Waals surface area contributed by atoms with Gasteiger partial charge < -0.3 is 36.7 Å². The molecular formula is C61H118O9Si4. The van der Waals surface area contributed by atoms with Crippen LogP contribution in [0.1, 0.15) is 176 Å². The first-order valence-corrected chi connectivity index (χ1v) is 40.4. The lowest BCUT2D eigenvalue weighted by Crippen LogP contribution is -2.57. The lowest BCUT2D eigenvalue weighted by molar-refractivity contribution is -0.337. The average molecular weight is 1110 g/mol. The van der Waals surface area contributed by atoms with Crippen molar-refractivity contribution >= 4 is 39.2 Å². The molecule has 0 spiro atoms. The van der Waals surface area contributed by atoms with E-state index in [0.29, 0.717) is 13.0 Å². The van der Waals surface area contributed by atoms with Gasteiger partial charge in [0, 0.05) is 37.4 Å². The Morgan fingerprint density at radius 2 is 1.22 bits per heavy atom. The topological polar surface area (TPSA) is 90.9 Å². The van der Waals surface area contributed by atoms with Crippen molar-refractivity contribution in [2.75, 3.05) is 13.7 Å². The summed E-state index contributed by atoms with van der Waals surface area (Å²) >= 11 is 0. The van der Waals surface area contributed by atoms with E-state index in [4.69, 9.17) is 36.7 Å². The molecule has 11 atom stereocenters. The first-order valence-electron chi connectivity index (χ1n) is 28.8. The van der Waals surface area contributed by atoms with E-state index in [1.165, 1.54) is 0 Å². The average Bonchev–Trinajstić information content (AvgIpc) is 3.22. The second-order valence-electron chi connectivity index (χ2n) is 29.3. The Bertz CT molecular complexity index is 1840. The monoisotopic (exact) mass is 1110 g/mol. The number of hydrogen-bond donors (Lipinski definition) is 0. The van der Waals surface area contributed by atoms with Crippen LogP contribution in [-0.2, 0) is 41.4 Å². The number of fused-ring (bicyclic) bond motifs is 2. The van der Waals surface area contributed by atoms with E-state index in [1.54, 1.807) is 0 Å². The lowest BCUT2D eigenvalue weighted by atomic mass is 9.79. The van der Waals surface area contributed by atoms with Crippen molar-refractivity contribution in [1.29, 1.82) is 0 Å². The van der Waals surface area contributed by atoms with Crippen LogP contribution in [0.25, 0.3) is 0 Å². The van der Waals surface area contributed by atoms with Gasteiger partial charge in [-0.15, -0.1) is 0 Å². The predicted molar refractivity (Wildman–Crippen MR) is 324 cm³/mol. The molecule has 0 aromatic heterocycles. The molecule has 2 rings (SSSR count). The zero-order chi connectivity index (χ0) is 57.3. The molecule has 9 nitrogen and oxygen atoms in total. The zero-order valence-electron chi connectivity index (χ0n) is 53.2. The van der Waals surface area contributed by atoms with Gasteiger partial charge in [0.05, 0.1) is 43.5 Å². The molecule has 2 heterocycles. The van der Waals surface area contributed by atoms with Crippen molar-refractivity contribution in [3.63, 3.8) is 0 Å². The maximum absolute atomic E-state index is 15.3. The quantitative estimate of drug-likeness (QED) is 0.0958. The Labute approximate surface area is 461 Å². The molecule has 2 aliphatic rings. The number of rotatable bonds is 14. The van der Waals surface area contributed by atoms with Crippen molar-refractivity contribution in [1.82, 2.24) is 0 Å². The van der Waals surface area contributed by atoms with Crippen molar-refractivity contribution in [2.24, 2.45) is 23.7 Å². The van der Waals surface area contributed by atoms with Crippen molar-refractivity contribution in [3.05, 3.63) is 48.1 Å². The SMILES string of the molecule is CO[C@@H]1C/C=C\C=C\C[C@H](C)[C@H]2OC(C)(C)O[C@H]([C@H]2C)[C@H](C)[C@H](O[Si](C)(C)C(C)(C)C)CC(=O)O[C@H]([C@H](C)[C@@H](/C=C(C)/C=C/CO[Si](C)(C)C(C)(C)C)O[Si](C)(C)C(C)(C)C)C[C@H](O[Si](C)(C)C(C)(C)C)CCC1. The van der Waals surface area contributed by atoms with Gasteiger partial charge in [-0.25, -0.2) is 0 Å². The summed E-state index contributed by atoms with van der Waals surface area (Å²) in [5.74, 6) is -1.18. The highest BCUT2D eigenvalue weighted by Gasteiger charge is 2.50. The fourth-order valence-corrected chi connectivity index (χ4v) is 14.1. The van der Waals surface area contributed by atoms with Crippen LogP contribution in [0, 0.1) is 23.7 Å².